The van der Waals surface area contributed by atoms with Gasteiger partial charge in [-0.25, -0.2) is 0 Å². The zero-order valence-electron chi connectivity index (χ0n) is 10.0. The van der Waals surface area contributed by atoms with Gasteiger partial charge in [-0.2, -0.15) is 0 Å². The zero-order chi connectivity index (χ0) is 12.1. The Labute approximate surface area is 107 Å². The van der Waals surface area contributed by atoms with Crippen molar-refractivity contribution in [3.05, 3.63) is 71.8 Å². The van der Waals surface area contributed by atoms with Gasteiger partial charge in [0.2, 0.25) is 0 Å². The normalized spacial score (nSPS) is 10.2. The molecule has 17 heavy (non-hydrogen) atoms. The molecule has 0 saturated carbocycles. The fourth-order valence-electron chi connectivity index (χ4n) is 1.55. The molecule has 0 fully saturated rings. The van der Waals surface area contributed by atoms with Crippen molar-refractivity contribution >= 4 is 17.8 Å². The monoisotopic (exact) mass is 240 g/mol. The average Bonchev–Trinajstić information content (AvgIpc) is 2.39. The second-order valence-electron chi connectivity index (χ2n) is 4.05. The predicted octanol–water partition coefficient (Wildman–Crippen LogP) is 4.93. The van der Waals surface area contributed by atoms with E-state index in [9.17, 15) is 0 Å². The molecule has 0 bridgehead atoms. The molecule has 0 saturated heterocycles. The van der Waals surface area contributed by atoms with Gasteiger partial charge in [-0.3, -0.25) is 0 Å². The molecule has 0 heterocycles. The van der Waals surface area contributed by atoms with Crippen molar-refractivity contribution in [2.75, 3.05) is 0 Å². The van der Waals surface area contributed by atoms with Crippen LogP contribution >= 0.6 is 11.8 Å². The Kier molecular flexibility index (Phi) is 4.05. The smallest absolute Gasteiger partial charge is 0.0232 e. The van der Waals surface area contributed by atoms with Gasteiger partial charge in [0, 0.05) is 10.6 Å². The van der Waals surface area contributed by atoms with Crippen LogP contribution in [0.1, 0.15) is 16.7 Å². The highest BCUT2D eigenvalue weighted by atomic mass is 32.2. The van der Waals surface area contributed by atoms with Crippen molar-refractivity contribution in [1.29, 1.82) is 0 Å². The third kappa shape index (κ3) is 3.50. The first-order valence-corrected chi connectivity index (χ1v) is 6.67. The molecule has 0 atom stereocenters. The van der Waals surface area contributed by atoms with Gasteiger partial charge >= 0.3 is 0 Å². The summed E-state index contributed by atoms with van der Waals surface area (Å²) in [6.45, 7) is 5.87. The highest BCUT2D eigenvalue weighted by molar-refractivity contribution is 7.98. The first-order valence-electron chi connectivity index (χ1n) is 5.69. The van der Waals surface area contributed by atoms with Crippen LogP contribution in [0.25, 0.3) is 6.08 Å². The van der Waals surface area contributed by atoms with Crippen molar-refractivity contribution in [3.8, 4) is 0 Å². The molecular formula is C16H16S. The summed E-state index contributed by atoms with van der Waals surface area (Å²) in [6, 6.07) is 17.2. The van der Waals surface area contributed by atoms with Crippen LogP contribution in [0.2, 0.25) is 0 Å². The topological polar surface area (TPSA) is 0 Å². The summed E-state index contributed by atoms with van der Waals surface area (Å²) >= 11 is 1.87. The number of benzene rings is 2. The van der Waals surface area contributed by atoms with Crippen molar-refractivity contribution < 1.29 is 0 Å². The molecule has 0 nitrogen and oxygen atoms in total. The maximum absolute atomic E-state index is 3.76. The molecule has 0 amide bonds. The van der Waals surface area contributed by atoms with E-state index in [0.717, 1.165) is 5.75 Å². The molecule has 0 aromatic heterocycles. The summed E-state index contributed by atoms with van der Waals surface area (Å²) in [5.41, 5.74) is 3.83. The lowest BCUT2D eigenvalue weighted by molar-refractivity contribution is 1.35. The molecule has 86 valence electrons. The van der Waals surface area contributed by atoms with E-state index < -0.39 is 0 Å². The van der Waals surface area contributed by atoms with Gasteiger partial charge in [0.15, 0.2) is 0 Å². The van der Waals surface area contributed by atoms with Crippen LogP contribution in [0.5, 0.6) is 0 Å². The minimum absolute atomic E-state index is 1.01. The molecule has 0 N–H and O–H groups in total. The number of hydrogen-bond donors (Lipinski definition) is 0. The van der Waals surface area contributed by atoms with Gasteiger partial charge < -0.3 is 0 Å². The fourth-order valence-corrected chi connectivity index (χ4v) is 2.41. The molecule has 0 unspecified atom stereocenters. The predicted molar refractivity (Wildman–Crippen MR) is 77.3 cm³/mol. The third-order valence-electron chi connectivity index (χ3n) is 2.64. The second-order valence-corrected chi connectivity index (χ2v) is 5.10. The van der Waals surface area contributed by atoms with E-state index >= 15 is 0 Å². The Balaban J connectivity index is 1.97. The van der Waals surface area contributed by atoms with E-state index in [1.54, 1.807) is 0 Å². The minimum Gasteiger partial charge on any atom is -0.121 e. The van der Waals surface area contributed by atoms with Crippen LogP contribution in [0.4, 0.5) is 0 Å². The van der Waals surface area contributed by atoms with Crippen LogP contribution in [0.15, 0.2) is 60.0 Å². The summed E-state index contributed by atoms with van der Waals surface area (Å²) in [6.07, 6.45) is 1.87. The average molecular weight is 240 g/mol. The van der Waals surface area contributed by atoms with E-state index in [1.807, 2.05) is 17.8 Å². The number of aryl methyl sites for hydroxylation is 1. The summed E-state index contributed by atoms with van der Waals surface area (Å²) in [7, 11) is 0. The molecule has 2 rings (SSSR count). The van der Waals surface area contributed by atoms with Crippen molar-refractivity contribution in [1.82, 2.24) is 0 Å². The molecule has 0 spiro atoms. The lowest BCUT2D eigenvalue weighted by Gasteiger charge is -2.03. The number of hydrogen-bond acceptors (Lipinski definition) is 1. The number of thioether (sulfide) groups is 1. The first kappa shape index (κ1) is 12.0. The standard InChI is InChI=1S/C16H16S/c1-3-14-6-8-15(9-7-14)12-17-16-10-4-13(2)5-11-16/h3-11H,1,12H2,2H3. The summed E-state index contributed by atoms with van der Waals surface area (Å²) in [5, 5.41) is 0. The minimum atomic E-state index is 1.01. The highest BCUT2D eigenvalue weighted by Crippen LogP contribution is 2.23. The zero-order valence-corrected chi connectivity index (χ0v) is 10.8. The molecular weight excluding hydrogens is 224 g/mol. The van der Waals surface area contributed by atoms with Crippen LogP contribution in [0.3, 0.4) is 0 Å². The largest absolute Gasteiger partial charge is 0.121 e. The molecule has 1 heteroatoms. The quantitative estimate of drug-likeness (QED) is 0.683. The first-order chi connectivity index (χ1) is 8.28. The summed E-state index contributed by atoms with van der Waals surface area (Å²) in [4.78, 5) is 1.32. The van der Waals surface area contributed by atoms with E-state index in [-0.39, 0.29) is 0 Å². The fraction of sp³-hybridized carbons (Fsp3) is 0.125. The SMILES string of the molecule is C=Cc1ccc(CSc2ccc(C)cc2)cc1. The van der Waals surface area contributed by atoms with Gasteiger partial charge in [-0.05, 0) is 30.2 Å². The van der Waals surface area contributed by atoms with Crippen LogP contribution in [-0.2, 0) is 5.75 Å². The molecule has 0 radical (unpaired) electrons. The van der Waals surface area contributed by atoms with Crippen molar-refractivity contribution in [3.63, 3.8) is 0 Å². The summed E-state index contributed by atoms with van der Waals surface area (Å²) in [5.74, 6) is 1.01. The Morgan fingerprint density at radius 2 is 1.65 bits per heavy atom. The van der Waals surface area contributed by atoms with Crippen LogP contribution in [0, 0.1) is 6.92 Å². The van der Waals surface area contributed by atoms with Crippen molar-refractivity contribution in [2.45, 2.75) is 17.6 Å². The molecule has 0 aliphatic rings. The Morgan fingerprint density at radius 1 is 1.00 bits per heavy atom. The Bertz CT molecular complexity index is 480. The van der Waals surface area contributed by atoms with Gasteiger partial charge in [-0.15, -0.1) is 11.8 Å². The van der Waals surface area contributed by atoms with Crippen LogP contribution < -0.4 is 0 Å². The van der Waals surface area contributed by atoms with E-state index in [0.29, 0.717) is 0 Å². The summed E-state index contributed by atoms with van der Waals surface area (Å²) < 4.78 is 0. The Morgan fingerprint density at radius 3 is 2.24 bits per heavy atom. The second kappa shape index (κ2) is 5.74. The van der Waals surface area contributed by atoms with E-state index in [1.165, 1.54) is 21.6 Å². The van der Waals surface area contributed by atoms with Gasteiger partial charge in [0.25, 0.3) is 0 Å². The maximum Gasteiger partial charge on any atom is 0.0232 e. The molecule has 0 aliphatic heterocycles. The van der Waals surface area contributed by atoms with E-state index in [4.69, 9.17) is 0 Å². The number of rotatable bonds is 4. The van der Waals surface area contributed by atoms with Crippen molar-refractivity contribution in [2.24, 2.45) is 0 Å². The lowest BCUT2D eigenvalue weighted by atomic mass is 10.1. The van der Waals surface area contributed by atoms with Crippen LogP contribution in [-0.4, -0.2) is 0 Å². The maximum atomic E-state index is 3.76. The van der Waals surface area contributed by atoms with Gasteiger partial charge in [0.1, 0.15) is 0 Å². The van der Waals surface area contributed by atoms with Gasteiger partial charge in [0.05, 0.1) is 0 Å². The molecule has 0 aliphatic carbocycles. The van der Waals surface area contributed by atoms with E-state index in [2.05, 4.69) is 62.0 Å². The lowest BCUT2D eigenvalue weighted by Crippen LogP contribution is -1.81. The third-order valence-corrected chi connectivity index (χ3v) is 3.73. The highest BCUT2D eigenvalue weighted by Gasteiger charge is 1.96. The van der Waals surface area contributed by atoms with Gasteiger partial charge in [-0.1, -0.05) is 54.6 Å². The molecule has 2 aromatic rings. The Hall–Kier alpha value is -1.47. The molecule has 2 aromatic carbocycles.